The molecule has 1 heterocycles. The zero-order chi connectivity index (χ0) is 14.8. The monoisotopic (exact) mass is 390 g/mol. The first-order valence-electron chi connectivity index (χ1n) is 6.34. The standard InChI is InChI=1S/C13H15BrF4N2.ClH/c14-12-9(2-1-3-10(12)15)11(8-13(16,17)18)20-6-4-19-5-7-20;/h1-3,11,19H,4-8H2;1H/t11-;/m0./s1. The van der Waals surface area contributed by atoms with Crippen LogP contribution in [-0.2, 0) is 0 Å². The molecule has 0 unspecified atom stereocenters. The van der Waals surface area contributed by atoms with Gasteiger partial charge in [0.05, 0.1) is 10.9 Å². The summed E-state index contributed by atoms with van der Waals surface area (Å²) in [4.78, 5) is 1.75. The molecule has 0 amide bonds. The Morgan fingerprint density at radius 2 is 1.86 bits per heavy atom. The number of hydrogen-bond acceptors (Lipinski definition) is 2. The number of hydrogen-bond donors (Lipinski definition) is 1. The highest BCUT2D eigenvalue weighted by molar-refractivity contribution is 9.10. The highest BCUT2D eigenvalue weighted by Crippen LogP contribution is 2.37. The molecule has 1 aliphatic heterocycles. The molecule has 0 spiro atoms. The molecule has 1 aliphatic rings. The normalized spacial score (nSPS) is 18.1. The van der Waals surface area contributed by atoms with Crippen molar-refractivity contribution in [2.24, 2.45) is 0 Å². The Morgan fingerprint density at radius 1 is 1.24 bits per heavy atom. The van der Waals surface area contributed by atoms with Crippen molar-refractivity contribution in [2.75, 3.05) is 26.2 Å². The molecular formula is C13H16BrClF4N2. The summed E-state index contributed by atoms with van der Waals surface area (Å²) < 4.78 is 52.2. The lowest BCUT2D eigenvalue weighted by Gasteiger charge is -2.36. The summed E-state index contributed by atoms with van der Waals surface area (Å²) in [6.07, 6.45) is -5.27. The van der Waals surface area contributed by atoms with Crippen LogP contribution >= 0.6 is 28.3 Å². The van der Waals surface area contributed by atoms with Crippen LogP contribution in [-0.4, -0.2) is 37.3 Å². The van der Waals surface area contributed by atoms with Gasteiger partial charge in [-0.3, -0.25) is 4.90 Å². The molecule has 0 aliphatic carbocycles. The maximum Gasteiger partial charge on any atom is 0.390 e. The van der Waals surface area contributed by atoms with Crippen molar-refractivity contribution in [3.63, 3.8) is 0 Å². The third-order valence-corrected chi connectivity index (χ3v) is 4.19. The Balaban J connectivity index is 0.00000220. The topological polar surface area (TPSA) is 15.3 Å². The molecule has 0 radical (unpaired) electrons. The molecule has 8 heteroatoms. The summed E-state index contributed by atoms with van der Waals surface area (Å²) in [5.74, 6) is -0.537. The third-order valence-electron chi connectivity index (χ3n) is 3.36. The molecular weight excluding hydrogens is 376 g/mol. The van der Waals surface area contributed by atoms with E-state index in [0.717, 1.165) is 0 Å². The molecule has 21 heavy (non-hydrogen) atoms. The number of piperazine rings is 1. The van der Waals surface area contributed by atoms with E-state index in [4.69, 9.17) is 0 Å². The average molecular weight is 392 g/mol. The van der Waals surface area contributed by atoms with Crippen LogP contribution < -0.4 is 5.32 Å². The molecule has 1 aromatic carbocycles. The zero-order valence-electron chi connectivity index (χ0n) is 11.1. The largest absolute Gasteiger partial charge is 0.390 e. The van der Waals surface area contributed by atoms with Crippen LogP contribution in [0.5, 0.6) is 0 Å². The fourth-order valence-electron chi connectivity index (χ4n) is 2.43. The molecule has 2 rings (SSSR count). The Kier molecular flexibility index (Phi) is 6.90. The first-order chi connectivity index (χ1) is 9.38. The van der Waals surface area contributed by atoms with Gasteiger partial charge in [-0.25, -0.2) is 4.39 Å². The second-order valence-corrected chi connectivity index (χ2v) is 5.56. The third kappa shape index (κ3) is 5.09. The molecule has 1 fully saturated rings. The molecule has 2 nitrogen and oxygen atoms in total. The lowest BCUT2D eigenvalue weighted by Crippen LogP contribution is -2.46. The zero-order valence-corrected chi connectivity index (χ0v) is 13.5. The predicted octanol–water partition coefficient (Wildman–Crippen LogP) is 3.91. The van der Waals surface area contributed by atoms with Crippen molar-refractivity contribution >= 4 is 28.3 Å². The van der Waals surface area contributed by atoms with Crippen molar-refractivity contribution in [3.8, 4) is 0 Å². The van der Waals surface area contributed by atoms with Crippen molar-refractivity contribution in [1.29, 1.82) is 0 Å². The molecule has 0 bridgehead atoms. The second kappa shape index (κ2) is 7.76. The Bertz CT molecular complexity index is 464. The fraction of sp³-hybridized carbons (Fsp3) is 0.538. The van der Waals surface area contributed by atoms with Crippen molar-refractivity contribution in [3.05, 3.63) is 34.1 Å². The Labute approximate surface area is 135 Å². The van der Waals surface area contributed by atoms with Gasteiger partial charge in [-0.15, -0.1) is 12.4 Å². The number of benzene rings is 1. The van der Waals surface area contributed by atoms with Gasteiger partial charge in [0.15, 0.2) is 0 Å². The van der Waals surface area contributed by atoms with Crippen LogP contribution in [0.4, 0.5) is 17.6 Å². The second-order valence-electron chi connectivity index (χ2n) is 4.76. The maximum atomic E-state index is 13.6. The lowest BCUT2D eigenvalue weighted by molar-refractivity contribution is -0.148. The Morgan fingerprint density at radius 3 is 2.43 bits per heavy atom. The first kappa shape index (κ1) is 18.7. The molecule has 0 saturated carbocycles. The van der Waals surface area contributed by atoms with Gasteiger partial charge >= 0.3 is 6.18 Å². The Hall–Kier alpha value is -0.370. The summed E-state index contributed by atoms with van der Waals surface area (Å²) in [6, 6.07) is 3.37. The van der Waals surface area contributed by atoms with E-state index in [9.17, 15) is 17.6 Å². The van der Waals surface area contributed by atoms with Gasteiger partial charge in [-0.1, -0.05) is 12.1 Å². The molecule has 1 aromatic rings. The highest BCUT2D eigenvalue weighted by Gasteiger charge is 2.36. The first-order valence-corrected chi connectivity index (χ1v) is 7.13. The van der Waals surface area contributed by atoms with Gasteiger partial charge in [0.25, 0.3) is 0 Å². The number of alkyl halides is 3. The maximum absolute atomic E-state index is 13.6. The van der Waals surface area contributed by atoms with E-state index in [1.54, 1.807) is 11.0 Å². The molecule has 120 valence electrons. The van der Waals surface area contributed by atoms with E-state index in [0.29, 0.717) is 31.7 Å². The van der Waals surface area contributed by atoms with Gasteiger partial charge in [0.2, 0.25) is 0 Å². The quantitative estimate of drug-likeness (QED) is 0.786. The van der Waals surface area contributed by atoms with Gasteiger partial charge in [-0.2, -0.15) is 13.2 Å². The van der Waals surface area contributed by atoms with E-state index in [-0.39, 0.29) is 16.9 Å². The van der Waals surface area contributed by atoms with Gasteiger partial charge in [0.1, 0.15) is 5.82 Å². The minimum Gasteiger partial charge on any atom is -0.314 e. The van der Waals surface area contributed by atoms with E-state index < -0.39 is 24.5 Å². The SMILES string of the molecule is Cl.Fc1cccc([C@H](CC(F)(F)F)N2CCNCC2)c1Br. The summed E-state index contributed by atoms with van der Waals surface area (Å²) in [7, 11) is 0. The van der Waals surface area contributed by atoms with Gasteiger partial charge in [-0.05, 0) is 27.6 Å². The average Bonchev–Trinajstić information content (AvgIpc) is 2.40. The van der Waals surface area contributed by atoms with E-state index in [1.165, 1.54) is 12.1 Å². The number of halogens is 6. The lowest BCUT2D eigenvalue weighted by atomic mass is 10.0. The highest BCUT2D eigenvalue weighted by atomic mass is 79.9. The van der Waals surface area contributed by atoms with Crippen LogP contribution in [0.1, 0.15) is 18.0 Å². The minimum absolute atomic E-state index is 0. The van der Waals surface area contributed by atoms with E-state index in [1.807, 2.05) is 0 Å². The number of rotatable bonds is 3. The van der Waals surface area contributed by atoms with Crippen LogP contribution in [0.3, 0.4) is 0 Å². The fourth-order valence-corrected chi connectivity index (χ4v) is 2.96. The van der Waals surface area contributed by atoms with Crippen LogP contribution in [0, 0.1) is 5.82 Å². The number of nitrogens with one attached hydrogen (secondary N) is 1. The predicted molar refractivity (Wildman–Crippen MR) is 79.2 cm³/mol. The summed E-state index contributed by atoms with van der Waals surface area (Å²) >= 11 is 3.07. The molecule has 1 saturated heterocycles. The summed E-state index contributed by atoms with van der Waals surface area (Å²) in [6.45, 7) is 2.32. The van der Waals surface area contributed by atoms with Crippen molar-refractivity contribution in [1.82, 2.24) is 10.2 Å². The number of nitrogens with zero attached hydrogens (tertiary/aromatic N) is 1. The minimum atomic E-state index is -4.29. The van der Waals surface area contributed by atoms with Gasteiger partial charge < -0.3 is 5.32 Å². The van der Waals surface area contributed by atoms with Crippen molar-refractivity contribution < 1.29 is 17.6 Å². The smallest absolute Gasteiger partial charge is 0.314 e. The summed E-state index contributed by atoms with van der Waals surface area (Å²) in [5.41, 5.74) is 0.351. The van der Waals surface area contributed by atoms with Crippen LogP contribution in [0.2, 0.25) is 0 Å². The van der Waals surface area contributed by atoms with Crippen molar-refractivity contribution in [2.45, 2.75) is 18.6 Å². The van der Waals surface area contributed by atoms with Crippen LogP contribution in [0.15, 0.2) is 22.7 Å². The summed E-state index contributed by atoms with van der Waals surface area (Å²) in [5, 5.41) is 3.10. The van der Waals surface area contributed by atoms with E-state index >= 15 is 0 Å². The molecule has 1 atom stereocenters. The van der Waals surface area contributed by atoms with E-state index in [2.05, 4.69) is 21.2 Å². The molecule has 1 N–H and O–H groups in total. The van der Waals surface area contributed by atoms with Gasteiger partial charge in [0, 0.05) is 32.2 Å². The van der Waals surface area contributed by atoms with Crippen LogP contribution in [0.25, 0.3) is 0 Å². The molecule has 0 aromatic heterocycles.